The van der Waals surface area contributed by atoms with Gasteiger partial charge >= 0.3 is 6.03 Å². The minimum Gasteiger partial charge on any atom is -0.492 e. The molecule has 1 aromatic carbocycles. The number of aliphatic hydroxyl groups excluding tert-OH is 1. The molecule has 0 bridgehead atoms. The van der Waals surface area contributed by atoms with Gasteiger partial charge in [0.15, 0.2) is 0 Å². The lowest BCUT2D eigenvalue weighted by molar-refractivity contribution is 0.101. The summed E-state index contributed by atoms with van der Waals surface area (Å²) in [6.45, 7) is 2.94. The molecule has 2 atom stereocenters. The third-order valence-corrected chi connectivity index (χ3v) is 4.03. The number of carbonyl (C=O) groups excluding carboxylic acids is 1. The van der Waals surface area contributed by atoms with E-state index in [4.69, 9.17) is 16.3 Å². The summed E-state index contributed by atoms with van der Waals surface area (Å²) in [6, 6.07) is 4.83. The van der Waals surface area contributed by atoms with Crippen LogP contribution in [0.15, 0.2) is 18.2 Å². The van der Waals surface area contributed by atoms with Crippen LogP contribution in [0.5, 0.6) is 5.75 Å². The van der Waals surface area contributed by atoms with Gasteiger partial charge in [0.1, 0.15) is 5.75 Å². The Balaban J connectivity index is 1.86. The van der Waals surface area contributed by atoms with Gasteiger partial charge in [-0.25, -0.2) is 4.79 Å². The summed E-state index contributed by atoms with van der Waals surface area (Å²) < 4.78 is 5.47. The Labute approximate surface area is 136 Å². The number of urea groups is 1. The minimum atomic E-state index is -0.275. The molecule has 0 aromatic heterocycles. The Morgan fingerprint density at radius 2 is 2.27 bits per heavy atom. The third kappa shape index (κ3) is 5.07. The highest BCUT2D eigenvalue weighted by Gasteiger charge is 2.20. The first-order chi connectivity index (χ1) is 10.6. The van der Waals surface area contributed by atoms with Crippen LogP contribution in [-0.4, -0.2) is 30.4 Å². The molecule has 3 N–H and O–H groups in total. The lowest BCUT2D eigenvalue weighted by Gasteiger charge is -2.26. The van der Waals surface area contributed by atoms with Crippen molar-refractivity contribution >= 4 is 23.3 Å². The van der Waals surface area contributed by atoms with Crippen LogP contribution >= 0.6 is 11.6 Å². The third-order valence-electron chi connectivity index (χ3n) is 3.80. The van der Waals surface area contributed by atoms with Gasteiger partial charge in [0.2, 0.25) is 0 Å². The van der Waals surface area contributed by atoms with Gasteiger partial charge in [-0.1, -0.05) is 18.0 Å². The van der Waals surface area contributed by atoms with Crippen molar-refractivity contribution in [3.05, 3.63) is 23.2 Å². The van der Waals surface area contributed by atoms with Gasteiger partial charge in [-0.3, -0.25) is 0 Å². The lowest BCUT2D eigenvalue weighted by atomic mass is 9.87. The molecule has 0 saturated heterocycles. The average Bonchev–Trinajstić information content (AvgIpc) is 2.48. The highest BCUT2D eigenvalue weighted by atomic mass is 35.5. The number of carbonyl (C=O) groups is 1. The summed E-state index contributed by atoms with van der Waals surface area (Å²) in [5.74, 6) is 0.893. The normalized spacial score (nSPS) is 21.2. The maximum Gasteiger partial charge on any atom is 0.319 e. The van der Waals surface area contributed by atoms with Crippen LogP contribution in [0.1, 0.15) is 32.6 Å². The molecule has 1 fully saturated rings. The topological polar surface area (TPSA) is 70.6 Å². The van der Waals surface area contributed by atoms with Crippen molar-refractivity contribution in [2.45, 2.75) is 38.7 Å². The number of benzene rings is 1. The standard InChI is InChI=1S/C16H23ClN2O3/c1-2-22-15-9-12(17)6-7-14(15)19-16(21)18-10-11-4-3-5-13(20)8-11/h6-7,9,11,13,20H,2-5,8,10H2,1H3,(H2,18,19,21). The Morgan fingerprint density at radius 3 is 3.00 bits per heavy atom. The molecule has 2 amide bonds. The van der Waals surface area contributed by atoms with Crippen LogP contribution in [0.25, 0.3) is 0 Å². The quantitative estimate of drug-likeness (QED) is 0.776. The Morgan fingerprint density at radius 1 is 1.45 bits per heavy atom. The zero-order valence-electron chi connectivity index (χ0n) is 12.8. The van der Waals surface area contributed by atoms with E-state index < -0.39 is 0 Å². The lowest BCUT2D eigenvalue weighted by Crippen LogP contribution is -2.35. The summed E-state index contributed by atoms with van der Waals surface area (Å²) in [7, 11) is 0. The van der Waals surface area contributed by atoms with Gasteiger partial charge in [0, 0.05) is 17.6 Å². The molecular formula is C16H23ClN2O3. The van der Waals surface area contributed by atoms with Gasteiger partial charge in [-0.2, -0.15) is 0 Å². The van der Waals surface area contributed by atoms with Gasteiger partial charge in [-0.15, -0.1) is 0 Å². The molecule has 1 saturated carbocycles. The molecule has 0 spiro atoms. The highest BCUT2D eigenvalue weighted by molar-refractivity contribution is 6.30. The van der Waals surface area contributed by atoms with E-state index in [1.165, 1.54) is 0 Å². The molecule has 2 rings (SSSR count). The number of halogens is 1. The monoisotopic (exact) mass is 326 g/mol. The smallest absolute Gasteiger partial charge is 0.319 e. The number of anilines is 1. The fourth-order valence-corrected chi connectivity index (χ4v) is 2.89. The molecule has 1 aliphatic rings. The van der Waals surface area contributed by atoms with E-state index in [-0.39, 0.29) is 12.1 Å². The summed E-state index contributed by atoms with van der Waals surface area (Å²) in [6.07, 6.45) is 3.45. The number of aliphatic hydroxyl groups is 1. The molecule has 0 radical (unpaired) electrons. The Kier molecular flexibility index (Phi) is 6.34. The molecule has 1 aliphatic carbocycles. The van der Waals surface area contributed by atoms with Crippen LogP contribution in [0.4, 0.5) is 10.5 Å². The summed E-state index contributed by atoms with van der Waals surface area (Å²) in [5, 5.41) is 15.8. The predicted molar refractivity (Wildman–Crippen MR) is 87.6 cm³/mol. The van der Waals surface area contributed by atoms with E-state index in [2.05, 4.69) is 10.6 Å². The Hall–Kier alpha value is -1.46. The van der Waals surface area contributed by atoms with Gasteiger partial charge < -0.3 is 20.5 Å². The molecule has 22 heavy (non-hydrogen) atoms. The first kappa shape index (κ1) is 16.9. The largest absolute Gasteiger partial charge is 0.492 e. The van der Waals surface area contributed by atoms with E-state index in [9.17, 15) is 9.90 Å². The maximum atomic E-state index is 12.0. The molecular weight excluding hydrogens is 304 g/mol. The number of ether oxygens (including phenoxy) is 1. The van der Waals surface area contributed by atoms with E-state index in [0.717, 1.165) is 25.7 Å². The van der Waals surface area contributed by atoms with E-state index >= 15 is 0 Å². The van der Waals surface area contributed by atoms with Crippen LogP contribution < -0.4 is 15.4 Å². The molecule has 6 heteroatoms. The van der Waals surface area contributed by atoms with E-state index in [1.807, 2.05) is 6.92 Å². The maximum absolute atomic E-state index is 12.0. The summed E-state index contributed by atoms with van der Waals surface area (Å²) in [5.41, 5.74) is 0.590. The van der Waals surface area contributed by atoms with Crippen LogP contribution in [0.3, 0.4) is 0 Å². The second-order valence-electron chi connectivity index (χ2n) is 5.59. The first-order valence-electron chi connectivity index (χ1n) is 7.73. The van der Waals surface area contributed by atoms with Gasteiger partial charge in [-0.05, 0) is 44.2 Å². The van der Waals surface area contributed by atoms with Crippen LogP contribution in [0.2, 0.25) is 5.02 Å². The molecule has 2 unspecified atom stereocenters. The highest BCUT2D eigenvalue weighted by Crippen LogP contribution is 2.28. The molecule has 122 valence electrons. The van der Waals surface area contributed by atoms with E-state index in [0.29, 0.717) is 35.5 Å². The minimum absolute atomic E-state index is 0.232. The molecule has 1 aromatic rings. The van der Waals surface area contributed by atoms with Gasteiger partial charge in [0.05, 0.1) is 18.4 Å². The molecule has 5 nitrogen and oxygen atoms in total. The van der Waals surface area contributed by atoms with Crippen molar-refractivity contribution in [1.82, 2.24) is 5.32 Å². The number of nitrogens with one attached hydrogen (secondary N) is 2. The first-order valence-corrected chi connectivity index (χ1v) is 8.11. The zero-order valence-corrected chi connectivity index (χ0v) is 13.5. The SMILES string of the molecule is CCOc1cc(Cl)ccc1NC(=O)NCC1CCCC(O)C1. The van der Waals surface area contributed by atoms with E-state index in [1.54, 1.807) is 18.2 Å². The van der Waals surface area contributed by atoms with Crippen molar-refractivity contribution in [1.29, 1.82) is 0 Å². The number of rotatable bonds is 5. The van der Waals surface area contributed by atoms with Crippen molar-refractivity contribution in [2.24, 2.45) is 5.92 Å². The zero-order chi connectivity index (χ0) is 15.9. The fourth-order valence-electron chi connectivity index (χ4n) is 2.73. The number of hydrogen-bond acceptors (Lipinski definition) is 3. The van der Waals surface area contributed by atoms with Gasteiger partial charge in [0.25, 0.3) is 0 Å². The Bertz CT molecular complexity index is 510. The second-order valence-corrected chi connectivity index (χ2v) is 6.03. The van der Waals surface area contributed by atoms with Crippen LogP contribution in [0, 0.1) is 5.92 Å². The van der Waals surface area contributed by atoms with Crippen molar-refractivity contribution in [3.63, 3.8) is 0 Å². The van der Waals surface area contributed by atoms with Crippen molar-refractivity contribution in [3.8, 4) is 5.75 Å². The predicted octanol–water partition coefficient (Wildman–Crippen LogP) is 3.41. The second kappa shape index (κ2) is 8.25. The van der Waals surface area contributed by atoms with Crippen molar-refractivity contribution in [2.75, 3.05) is 18.5 Å². The average molecular weight is 327 g/mol. The van der Waals surface area contributed by atoms with Crippen molar-refractivity contribution < 1.29 is 14.6 Å². The van der Waals surface area contributed by atoms with Crippen LogP contribution in [-0.2, 0) is 0 Å². The number of hydrogen-bond donors (Lipinski definition) is 3. The molecule has 0 aliphatic heterocycles. The summed E-state index contributed by atoms with van der Waals surface area (Å²) >= 11 is 5.93. The number of amides is 2. The molecule has 0 heterocycles. The fraction of sp³-hybridized carbons (Fsp3) is 0.562. The summed E-state index contributed by atoms with van der Waals surface area (Å²) in [4.78, 5) is 12.0.